The molecule has 0 saturated carbocycles. The summed E-state index contributed by atoms with van der Waals surface area (Å²) < 4.78 is 0. The second kappa shape index (κ2) is 6.87. The molecule has 2 aromatic carbocycles. The van der Waals surface area contributed by atoms with Crippen molar-refractivity contribution in [2.75, 3.05) is 6.54 Å². The quantitative estimate of drug-likeness (QED) is 0.821. The van der Waals surface area contributed by atoms with Crippen molar-refractivity contribution >= 4 is 5.97 Å². The normalized spacial score (nSPS) is 12.1. The molecule has 0 amide bonds. The summed E-state index contributed by atoms with van der Waals surface area (Å²) in [6, 6.07) is 18.1. The van der Waals surface area contributed by atoms with Crippen LogP contribution in [0.15, 0.2) is 54.6 Å². The van der Waals surface area contributed by atoms with E-state index in [1.807, 2.05) is 55.5 Å². The van der Waals surface area contributed by atoms with Crippen LogP contribution in [0.5, 0.6) is 0 Å². The van der Waals surface area contributed by atoms with E-state index in [9.17, 15) is 9.90 Å². The molecule has 1 N–H and O–H groups in total. The second-order valence-electron chi connectivity index (χ2n) is 5.13. The van der Waals surface area contributed by atoms with Gasteiger partial charge in [-0.3, -0.25) is 0 Å². The number of aliphatic carboxylic acids is 1. The van der Waals surface area contributed by atoms with Gasteiger partial charge in [-0.2, -0.15) is 0 Å². The first-order valence-corrected chi connectivity index (χ1v) is 6.76. The van der Waals surface area contributed by atoms with E-state index in [2.05, 4.69) is 6.07 Å². The number of hydrogen-bond donors (Lipinski definition) is 1. The monoisotopic (exact) mass is 269 g/mol. The lowest BCUT2D eigenvalue weighted by atomic mass is 10.1. The van der Waals surface area contributed by atoms with Crippen LogP contribution >= 0.6 is 0 Å². The number of aryl methyl sites for hydroxylation is 1. The van der Waals surface area contributed by atoms with Crippen LogP contribution in [0, 0.1) is 6.92 Å². The van der Waals surface area contributed by atoms with E-state index in [1.54, 1.807) is 0 Å². The van der Waals surface area contributed by atoms with Crippen molar-refractivity contribution in [1.29, 1.82) is 0 Å². The van der Waals surface area contributed by atoms with Gasteiger partial charge in [0.05, 0.1) is 5.97 Å². The minimum atomic E-state index is -1.01. The van der Waals surface area contributed by atoms with Gasteiger partial charge in [0, 0.05) is 11.1 Å². The molecular formula is C17H19NO2. The number of hydrogen-bond acceptors (Lipinski definition) is 2. The predicted octanol–water partition coefficient (Wildman–Crippen LogP) is 0.330. The maximum absolute atomic E-state index is 10.9. The summed E-state index contributed by atoms with van der Waals surface area (Å²) >= 11 is 0. The van der Waals surface area contributed by atoms with E-state index in [1.165, 1.54) is 5.56 Å². The lowest BCUT2D eigenvalue weighted by molar-refractivity contribution is -0.922. The molecule has 0 spiro atoms. The number of nitrogens with one attached hydrogen (secondary N) is 1. The highest BCUT2D eigenvalue weighted by Crippen LogP contribution is 2.02. The van der Waals surface area contributed by atoms with E-state index in [-0.39, 0.29) is 6.54 Å². The van der Waals surface area contributed by atoms with Gasteiger partial charge in [-0.25, -0.2) is 0 Å². The first-order valence-electron chi connectivity index (χ1n) is 6.76. The average molecular weight is 269 g/mol. The molecule has 0 saturated heterocycles. The highest BCUT2D eigenvalue weighted by atomic mass is 16.4. The highest BCUT2D eigenvalue weighted by Gasteiger charge is 2.11. The Balaban J connectivity index is 2.09. The van der Waals surface area contributed by atoms with Gasteiger partial charge in [-0.05, 0) is 6.92 Å². The fourth-order valence-corrected chi connectivity index (χ4v) is 2.39. The summed E-state index contributed by atoms with van der Waals surface area (Å²) in [5.74, 6) is -1.01. The van der Waals surface area contributed by atoms with Gasteiger partial charge in [0.2, 0.25) is 0 Å². The van der Waals surface area contributed by atoms with Crippen molar-refractivity contribution in [1.82, 2.24) is 0 Å². The van der Waals surface area contributed by atoms with Crippen LogP contribution in [0.3, 0.4) is 0 Å². The van der Waals surface area contributed by atoms with Crippen molar-refractivity contribution < 1.29 is 14.8 Å². The zero-order valence-electron chi connectivity index (χ0n) is 11.6. The Labute approximate surface area is 119 Å². The lowest BCUT2D eigenvalue weighted by Crippen LogP contribution is -3.10. The van der Waals surface area contributed by atoms with Gasteiger partial charge in [0.15, 0.2) is 0 Å². The summed E-state index contributed by atoms with van der Waals surface area (Å²) in [5.41, 5.74) is 3.48. The second-order valence-corrected chi connectivity index (χ2v) is 5.13. The molecule has 104 valence electrons. The molecule has 0 aliphatic rings. The number of benzene rings is 2. The number of carbonyl (C=O) groups excluding carboxylic acids is 1. The summed E-state index contributed by atoms with van der Waals surface area (Å²) in [6.45, 7) is 3.43. The first kappa shape index (κ1) is 14.3. The third-order valence-corrected chi connectivity index (χ3v) is 3.23. The van der Waals surface area contributed by atoms with Crippen LogP contribution < -0.4 is 10.0 Å². The van der Waals surface area contributed by atoms with Crippen LogP contribution in [0.2, 0.25) is 0 Å². The molecule has 2 rings (SSSR count). The summed E-state index contributed by atoms with van der Waals surface area (Å²) in [6.07, 6.45) is 0. The van der Waals surface area contributed by atoms with Crippen molar-refractivity contribution in [2.24, 2.45) is 0 Å². The SMILES string of the molecule is Cc1cccc(C[NH+](CC(=O)[O-])Cc2ccccc2)c1. The van der Waals surface area contributed by atoms with Crippen molar-refractivity contribution in [2.45, 2.75) is 20.0 Å². The Bertz CT molecular complexity index is 566. The molecular weight excluding hydrogens is 250 g/mol. The van der Waals surface area contributed by atoms with Gasteiger partial charge in [0.1, 0.15) is 19.6 Å². The molecule has 0 aliphatic carbocycles. The van der Waals surface area contributed by atoms with Gasteiger partial charge in [-0.1, -0.05) is 60.2 Å². The molecule has 0 radical (unpaired) electrons. The fourth-order valence-electron chi connectivity index (χ4n) is 2.39. The molecule has 2 aromatic rings. The molecule has 3 heteroatoms. The van der Waals surface area contributed by atoms with Crippen molar-refractivity contribution in [3.8, 4) is 0 Å². The zero-order chi connectivity index (χ0) is 14.4. The molecule has 0 fully saturated rings. The summed E-state index contributed by atoms with van der Waals surface area (Å²) in [4.78, 5) is 11.9. The highest BCUT2D eigenvalue weighted by molar-refractivity contribution is 5.65. The number of rotatable bonds is 6. The molecule has 0 bridgehead atoms. The van der Waals surface area contributed by atoms with E-state index < -0.39 is 5.97 Å². The van der Waals surface area contributed by atoms with E-state index in [0.29, 0.717) is 13.1 Å². The maximum atomic E-state index is 10.9. The van der Waals surface area contributed by atoms with Crippen LogP contribution in [-0.2, 0) is 17.9 Å². The van der Waals surface area contributed by atoms with E-state index >= 15 is 0 Å². The topological polar surface area (TPSA) is 44.6 Å². The fraction of sp³-hybridized carbons (Fsp3) is 0.235. The molecule has 1 unspecified atom stereocenters. The number of carbonyl (C=O) groups is 1. The molecule has 20 heavy (non-hydrogen) atoms. The Morgan fingerprint density at radius 3 is 2.30 bits per heavy atom. The third kappa shape index (κ3) is 4.52. The third-order valence-electron chi connectivity index (χ3n) is 3.23. The predicted molar refractivity (Wildman–Crippen MR) is 75.9 cm³/mol. The molecule has 0 heterocycles. The van der Waals surface area contributed by atoms with E-state index in [0.717, 1.165) is 16.0 Å². The minimum absolute atomic E-state index is 0.0167. The lowest BCUT2D eigenvalue weighted by Gasteiger charge is -2.20. The summed E-state index contributed by atoms with van der Waals surface area (Å²) in [5, 5.41) is 10.9. The number of carboxylic acids is 1. The van der Waals surface area contributed by atoms with Crippen molar-refractivity contribution in [3.63, 3.8) is 0 Å². The minimum Gasteiger partial charge on any atom is -0.544 e. The van der Waals surface area contributed by atoms with Gasteiger partial charge in [-0.15, -0.1) is 0 Å². The van der Waals surface area contributed by atoms with E-state index in [4.69, 9.17) is 0 Å². The molecule has 1 atom stereocenters. The standard InChI is InChI=1S/C17H19NO2/c1-14-6-5-9-16(10-14)12-18(13-17(19)20)11-15-7-3-2-4-8-15/h2-10H,11-13H2,1H3,(H,19,20). The summed E-state index contributed by atoms with van der Waals surface area (Å²) in [7, 11) is 0. The van der Waals surface area contributed by atoms with Gasteiger partial charge in [0.25, 0.3) is 0 Å². The average Bonchev–Trinajstić information content (AvgIpc) is 2.39. The molecule has 0 aliphatic heterocycles. The largest absolute Gasteiger partial charge is 0.544 e. The van der Waals surface area contributed by atoms with Crippen LogP contribution in [0.4, 0.5) is 0 Å². The smallest absolute Gasteiger partial charge is 0.118 e. The van der Waals surface area contributed by atoms with Gasteiger partial charge < -0.3 is 14.8 Å². The van der Waals surface area contributed by atoms with Crippen LogP contribution in [-0.4, -0.2) is 12.5 Å². The zero-order valence-corrected chi connectivity index (χ0v) is 11.6. The Morgan fingerprint density at radius 2 is 1.65 bits per heavy atom. The Hall–Kier alpha value is -2.13. The molecule has 3 nitrogen and oxygen atoms in total. The van der Waals surface area contributed by atoms with Crippen molar-refractivity contribution in [3.05, 3.63) is 71.3 Å². The number of carboxylic acid groups (broad SMARTS) is 1. The Morgan fingerprint density at radius 1 is 1.00 bits per heavy atom. The first-order chi connectivity index (χ1) is 9.63. The van der Waals surface area contributed by atoms with Crippen LogP contribution in [0.25, 0.3) is 0 Å². The van der Waals surface area contributed by atoms with Gasteiger partial charge >= 0.3 is 0 Å². The number of quaternary nitrogens is 1. The van der Waals surface area contributed by atoms with Crippen LogP contribution in [0.1, 0.15) is 16.7 Å². The maximum Gasteiger partial charge on any atom is 0.118 e. The Kier molecular flexibility index (Phi) is 4.91. The molecule has 0 aromatic heterocycles.